The summed E-state index contributed by atoms with van der Waals surface area (Å²) < 4.78 is 66.1. The zero-order chi connectivity index (χ0) is 24.7. The molecule has 182 valence electrons. The largest absolute Gasteiger partial charge is 0.416 e. The summed E-state index contributed by atoms with van der Waals surface area (Å²) in [6.07, 6.45) is -4.41. The normalized spacial score (nSPS) is 19.6. The maximum Gasteiger partial charge on any atom is 0.416 e. The van der Waals surface area contributed by atoms with Crippen LogP contribution in [0.25, 0.3) is 0 Å². The molecule has 2 saturated heterocycles. The molecule has 2 heterocycles. The number of anilines is 1. The van der Waals surface area contributed by atoms with Crippen molar-refractivity contribution < 1.29 is 31.2 Å². The first kappa shape index (κ1) is 24.1. The van der Waals surface area contributed by atoms with E-state index in [1.807, 2.05) is 6.92 Å². The van der Waals surface area contributed by atoms with E-state index in [9.17, 15) is 31.2 Å². The van der Waals surface area contributed by atoms with Gasteiger partial charge in [0.1, 0.15) is 6.04 Å². The van der Waals surface area contributed by atoms with E-state index in [-0.39, 0.29) is 30.8 Å². The number of carbonyl (C=O) groups is 2. The minimum absolute atomic E-state index is 0.0499. The molecule has 0 aliphatic carbocycles. The first-order valence-electron chi connectivity index (χ1n) is 10.8. The number of benzene rings is 2. The Hall–Kier alpha value is -3.08. The van der Waals surface area contributed by atoms with Crippen molar-refractivity contribution in [1.29, 1.82) is 0 Å². The Morgan fingerprint density at radius 3 is 2.26 bits per heavy atom. The zero-order valence-electron chi connectivity index (χ0n) is 18.5. The van der Waals surface area contributed by atoms with E-state index in [1.165, 1.54) is 23.1 Å². The van der Waals surface area contributed by atoms with Crippen molar-refractivity contribution in [2.24, 2.45) is 0 Å². The number of hydrogen-bond acceptors (Lipinski definition) is 5. The van der Waals surface area contributed by atoms with Gasteiger partial charge in [0.2, 0.25) is 11.8 Å². The molecule has 2 aromatic rings. The van der Waals surface area contributed by atoms with Gasteiger partial charge in [0.15, 0.2) is 0 Å². The van der Waals surface area contributed by atoms with Gasteiger partial charge in [-0.05, 0) is 43.7 Å². The quantitative estimate of drug-likeness (QED) is 0.652. The molecule has 0 saturated carbocycles. The summed E-state index contributed by atoms with van der Waals surface area (Å²) in [6.45, 7) is 2.80. The number of aryl methyl sites for hydroxylation is 1. The predicted molar refractivity (Wildman–Crippen MR) is 118 cm³/mol. The fourth-order valence-corrected chi connectivity index (χ4v) is 5.88. The van der Waals surface area contributed by atoms with Crippen molar-refractivity contribution in [2.75, 3.05) is 31.1 Å². The summed E-state index contributed by atoms with van der Waals surface area (Å²) in [6, 6.07) is 9.93. The van der Waals surface area contributed by atoms with Crippen LogP contribution in [0.15, 0.2) is 53.4 Å². The van der Waals surface area contributed by atoms with Crippen molar-refractivity contribution >= 4 is 27.5 Å². The highest BCUT2D eigenvalue weighted by molar-refractivity contribution is 7.89. The molecule has 34 heavy (non-hydrogen) atoms. The minimum Gasteiger partial charge on any atom is -0.368 e. The third-order valence-electron chi connectivity index (χ3n) is 6.15. The Morgan fingerprint density at radius 1 is 1.00 bits per heavy atom. The third kappa shape index (κ3) is 4.61. The highest BCUT2D eigenvalue weighted by Crippen LogP contribution is 2.32. The SMILES string of the molecule is Cc1ccc(S(=O)(=O)N2C(=O)CC[C@@H]2C(=O)N2CCN(c3cccc(C(F)(F)F)c3)CC2)cc1. The van der Waals surface area contributed by atoms with E-state index >= 15 is 0 Å². The summed E-state index contributed by atoms with van der Waals surface area (Å²) in [5, 5.41) is 0. The number of hydrogen-bond donors (Lipinski definition) is 0. The van der Waals surface area contributed by atoms with Gasteiger partial charge < -0.3 is 9.80 Å². The second-order valence-corrected chi connectivity index (χ2v) is 10.2. The lowest BCUT2D eigenvalue weighted by Gasteiger charge is -2.38. The third-order valence-corrected chi connectivity index (χ3v) is 8.00. The molecule has 11 heteroatoms. The van der Waals surface area contributed by atoms with Gasteiger partial charge in [-0.2, -0.15) is 13.2 Å². The minimum atomic E-state index is -4.45. The molecular formula is C23H24F3N3O4S. The van der Waals surface area contributed by atoms with Crippen LogP contribution in [0.3, 0.4) is 0 Å². The van der Waals surface area contributed by atoms with Crippen LogP contribution in [-0.2, 0) is 25.8 Å². The summed E-state index contributed by atoms with van der Waals surface area (Å²) in [7, 11) is -4.19. The lowest BCUT2D eigenvalue weighted by Crippen LogP contribution is -2.55. The van der Waals surface area contributed by atoms with Gasteiger partial charge in [-0.15, -0.1) is 0 Å². The van der Waals surface area contributed by atoms with Crippen LogP contribution in [0.5, 0.6) is 0 Å². The van der Waals surface area contributed by atoms with Crippen molar-refractivity contribution in [3.63, 3.8) is 0 Å². The van der Waals surface area contributed by atoms with Gasteiger partial charge in [-0.25, -0.2) is 12.7 Å². The molecule has 0 unspecified atom stereocenters. The lowest BCUT2D eigenvalue weighted by molar-refractivity contribution is -0.138. The van der Waals surface area contributed by atoms with Gasteiger partial charge in [-0.1, -0.05) is 23.8 Å². The van der Waals surface area contributed by atoms with Gasteiger partial charge in [-0.3, -0.25) is 9.59 Å². The van der Waals surface area contributed by atoms with Crippen molar-refractivity contribution in [1.82, 2.24) is 9.21 Å². The molecule has 7 nitrogen and oxygen atoms in total. The summed E-state index contributed by atoms with van der Waals surface area (Å²) in [5.41, 5.74) is 0.518. The Morgan fingerprint density at radius 2 is 1.65 bits per heavy atom. The lowest BCUT2D eigenvalue weighted by atomic mass is 10.1. The molecule has 0 N–H and O–H groups in total. The van der Waals surface area contributed by atoms with E-state index in [0.29, 0.717) is 23.1 Å². The molecule has 0 aromatic heterocycles. The fraction of sp³-hybridized carbons (Fsp3) is 0.391. The Balaban J connectivity index is 1.47. The molecule has 2 fully saturated rings. The van der Waals surface area contributed by atoms with Gasteiger partial charge in [0.25, 0.3) is 10.0 Å². The topological polar surface area (TPSA) is 78.0 Å². The highest BCUT2D eigenvalue weighted by atomic mass is 32.2. The Kier molecular flexibility index (Phi) is 6.32. The monoisotopic (exact) mass is 495 g/mol. The zero-order valence-corrected chi connectivity index (χ0v) is 19.3. The van der Waals surface area contributed by atoms with Crippen molar-refractivity contribution in [3.8, 4) is 0 Å². The molecule has 1 atom stereocenters. The number of halogens is 3. The fourth-order valence-electron chi connectivity index (χ4n) is 4.29. The van der Waals surface area contributed by atoms with Gasteiger partial charge in [0, 0.05) is 38.3 Å². The molecule has 0 bridgehead atoms. The molecule has 2 aliphatic heterocycles. The number of amides is 2. The number of piperazine rings is 1. The molecule has 2 aromatic carbocycles. The van der Waals surface area contributed by atoms with Crippen LogP contribution in [0.4, 0.5) is 18.9 Å². The summed E-state index contributed by atoms with van der Waals surface area (Å²) >= 11 is 0. The van der Waals surface area contributed by atoms with Gasteiger partial charge >= 0.3 is 6.18 Å². The van der Waals surface area contributed by atoms with Crippen LogP contribution in [0, 0.1) is 6.92 Å². The number of carbonyl (C=O) groups excluding carboxylic acids is 2. The smallest absolute Gasteiger partial charge is 0.368 e. The molecule has 0 radical (unpaired) electrons. The van der Waals surface area contributed by atoms with Crippen LogP contribution < -0.4 is 4.90 Å². The molecular weight excluding hydrogens is 471 g/mol. The van der Waals surface area contributed by atoms with Crippen LogP contribution in [0.2, 0.25) is 0 Å². The van der Waals surface area contributed by atoms with Crippen molar-refractivity contribution in [3.05, 3.63) is 59.7 Å². The summed E-state index contributed by atoms with van der Waals surface area (Å²) in [4.78, 5) is 28.9. The van der Waals surface area contributed by atoms with E-state index < -0.39 is 39.6 Å². The predicted octanol–water partition coefficient (Wildman–Crippen LogP) is 3.04. The maximum atomic E-state index is 13.2. The molecule has 2 aliphatic rings. The van der Waals surface area contributed by atoms with Crippen LogP contribution in [0.1, 0.15) is 24.0 Å². The molecule has 2 amide bonds. The standard InChI is InChI=1S/C23H24F3N3O4S/c1-16-5-7-19(8-6-16)34(32,33)29-20(9-10-21(29)30)22(31)28-13-11-27(12-14-28)18-4-2-3-17(15-18)23(24,25)26/h2-8,15,20H,9-14H2,1H3/t20-/m1/s1. The number of nitrogens with zero attached hydrogens (tertiary/aromatic N) is 3. The Labute approximate surface area is 195 Å². The first-order valence-corrected chi connectivity index (χ1v) is 12.3. The molecule has 0 spiro atoms. The maximum absolute atomic E-state index is 13.2. The van der Waals surface area contributed by atoms with E-state index in [2.05, 4.69) is 0 Å². The van der Waals surface area contributed by atoms with E-state index in [4.69, 9.17) is 0 Å². The van der Waals surface area contributed by atoms with E-state index in [1.54, 1.807) is 23.1 Å². The number of sulfonamides is 1. The number of rotatable bonds is 4. The first-order chi connectivity index (χ1) is 16.0. The Bertz CT molecular complexity index is 1190. The highest BCUT2D eigenvalue weighted by Gasteiger charge is 2.46. The van der Waals surface area contributed by atoms with E-state index in [0.717, 1.165) is 17.7 Å². The second kappa shape index (κ2) is 8.94. The average Bonchev–Trinajstić information content (AvgIpc) is 3.21. The summed E-state index contributed by atoms with van der Waals surface area (Å²) in [5.74, 6) is -1.09. The average molecular weight is 496 g/mol. The molecule has 4 rings (SSSR count). The number of alkyl halides is 3. The van der Waals surface area contributed by atoms with Crippen LogP contribution in [-0.4, -0.2) is 61.7 Å². The van der Waals surface area contributed by atoms with Crippen LogP contribution >= 0.6 is 0 Å². The van der Waals surface area contributed by atoms with Crippen molar-refractivity contribution in [2.45, 2.75) is 36.9 Å². The second-order valence-electron chi connectivity index (χ2n) is 8.42. The van der Waals surface area contributed by atoms with Gasteiger partial charge in [0.05, 0.1) is 10.5 Å².